The standard InChI is InChI=1S/C21H23FN2O2/c1-12-4-5-13(2)21-20(12)17(14(3)23-21)10-19(26)24-18(11-25)15-6-8-16(22)9-7-15/h4-9,18,23,25H,10-11H2,1-3H3,(H,24,26). The predicted octanol–water partition coefficient (Wildman–Crippen LogP) is 3.62. The molecule has 4 nitrogen and oxygen atoms in total. The van der Waals surface area contributed by atoms with Gasteiger partial charge in [0.1, 0.15) is 5.82 Å². The van der Waals surface area contributed by atoms with Crippen LogP contribution in [0.2, 0.25) is 0 Å². The Morgan fingerprint density at radius 1 is 1.12 bits per heavy atom. The van der Waals surface area contributed by atoms with Crippen LogP contribution in [0.25, 0.3) is 10.9 Å². The van der Waals surface area contributed by atoms with E-state index in [1.54, 1.807) is 12.1 Å². The number of benzene rings is 2. The maximum absolute atomic E-state index is 13.1. The molecule has 0 aliphatic heterocycles. The van der Waals surface area contributed by atoms with Gasteiger partial charge in [-0.2, -0.15) is 0 Å². The quantitative estimate of drug-likeness (QED) is 0.655. The summed E-state index contributed by atoms with van der Waals surface area (Å²) in [5, 5.41) is 13.5. The number of carbonyl (C=O) groups is 1. The van der Waals surface area contributed by atoms with Crippen molar-refractivity contribution in [1.29, 1.82) is 0 Å². The van der Waals surface area contributed by atoms with E-state index in [2.05, 4.69) is 22.4 Å². The maximum atomic E-state index is 13.1. The van der Waals surface area contributed by atoms with Crippen LogP contribution >= 0.6 is 0 Å². The number of nitrogens with one attached hydrogen (secondary N) is 2. The number of aliphatic hydroxyl groups is 1. The maximum Gasteiger partial charge on any atom is 0.225 e. The number of amides is 1. The van der Waals surface area contributed by atoms with Gasteiger partial charge in [0.2, 0.25) is 5.91 Å². The fraction of sp³-hybridized carbons (Fsp3) is 0.286. The summed E-state index contributed by atoms with van der Waals surface area (Å²) in [6, 6.07) is 9.34. The van der Waals surface area contributed by atoms with Gasteiger partial charge in [0.15, 0.2) is 0 Å². The number of aliphatic hydroxyl groups excluding tert-OH is 1. The van der Waals surface area contributed by atoms with Crippen LogP contribution in [-0.4, -0.2) is 22.6 Å². The summed E-state index contributed by atoms with van der Waals surface area (Å²) < 4.78 is 13.1. The molecule has 0 saturated heterocycles. The van der Waals surface area contributed by atoms with E-state index in [0.29, 0.717) is 5.56 Å². The van der Waals surface area contributed by atoms with Crippen molar-refractivity contribution >= 4 is 16.8 Å². The first-order chi connectivity index (χ1) is 12.4. The molecular weight excluding hydrogens is 331 g/mol. The lowest BCUT2D eigenvalue weighted by atomic mass is 10.0. The van der Waals surface area contributed by atoms with Crippen LogP contribution in [0.1, 0.15) is 34.0 Å². The number of H-pyrrole nitrogens is 1. The summed E-state index contributed by atoms with van der Waals surface area (Å²) in [6.07, 6.45) is 0.216. The molecule has 0 radical (unpaired) electrons. The fourth-order valence-corrected chi connectivity index (χ4v) is 3.37. The van der Waals surface area contributed by atoms with Crippen LogP contribution in [0.3, 0.4) is 0 Å². The minimum atomic E-state index is -0.559. The lowest BCUT2D eigenvalue weighted by Crippen LogP contribution is -2.32. The summed E-state index contributed by atoms with van der Waals surface area (Å²) in [5.41, 5.74) is 5.92. The van der Waals surface area contributed by atoms with Gasteiger partial charge in [-0.25, -0.2) is 4.39 Å². The smallest absolute Gasteiger partial charge is 0.225 e. The van der Waals surface area contributed by atoms with Crippen molar-refractivity contribution in [3.8, 4) is 0 Å². The summed E-state index contributed by atoms with van der Waals surface area (Å²) in [7, 11) is 0. The molecule has 0 saturated carbocycles. The monoisotopic (exact) mass is 354 g/mol. The Morgan fingerprint density at radius 2 is 1.77 bits per heavy atom. The molecule has 1 unspecified atom stereocenters. The number of halogens is 1. The summed E-state index contributed by atoms with van der Waals surface area (Å²) in [6.45, 7) is 5.79. The highest BCUT2D eigenvalue weighted by Gasteiger charge is 2.18. The zero-order valence-corrected chi connectivity index (χ0v) is 15.2. The zero-order valence-electron chi connectivity index (χ0n) is 15.2. The molecule has 1 heterocycles. The summed E-state index contributed by atoms with van der Waals surface area (Å²) in [5.74, 6) is -0.532. The van der Waals surface area contributed by atoms with Crippen LogP contribution in [0.4, 0.5) is 4.39 Å². The first-order valence-electron chi connectivity index (χ1n) is 8.63. The second kappa shape index (κ2) is 7.30. The molecule has 0 spiro atoms. The van der Waals surface area contributed by atoms with E-state index in [1.807, 2.05) is 20.8 Å². The molecule has 136 valence electrons. The Morgan fingerprint density at radius 3 is 2.42 bits per heavy atom. The number of aromatic amines is 1. The highest BCUT2D eigenvalue weighted by Crippen LogP contribution is 2.28. The molecule has 26 heavy (non-hydrogen) atoms. The average Bonchev–Trinajstić information content (AvgIpc) is 2.95. The van der Waals surface area contributed by atoms with E-state index in [-0.39, 0.29) is 24.8 Å². The Bertz CT molecular complexity index is 945. The molecular formula is C21H23FN2O2. The molecule has 3 N–H and O–H groups in total. The van der Waals surface area contributed by atoms with Crippen molar-refractivity contribution in [1.82, 2.24) is 10.3 Å². The molecule has 5 heteroatoms. The lowest BCUT2D eigenvalue weighted by molar-refractivity contribution is -0.121. The van der Waals surface area contributed by atoms with Crippen LogP contribution in [0.15, 0.2) is 36.4 Å². The topological polar surface area (TPSA) is 65.1 Å². The van der Waals surface area contributed by atoms with E-state index in [9.17, 15) is 14.3 Å². The van der Waals surface area contributed by atoms with Crippen LogP contribution in [-0.2, 0) is 11.2 Å². The Kier molecular flexibility index (Phi) is 5.09. The van der Waals surface area contributed by atoms with Gasteiger partial charge >= 0.3 is 0 Å². The summed E-state index contributed by atoms with van der Waals surface area (Å²) >= 11 is 0. The molecule has 1 aromatic heterocycles. The Balaban J connectivity index is 1.84. The third-order valence-electron chi connectivity index (χ3n) is 4.82. The molecule has 1 amide bonds. The fourth-order valence-electron chi connectivity index (χ4n) is 3.37. The van der Waals surface area contributed by atoms with Crippen molar-refractivity contribution in [2.45, 2.75) is 33.2 Å². The number of rotatable bonds is 5. The highest BCUT2D eigenvalue weighted by molar-refractivity contribution is 5.93. The molecule has 0 fully saturated rings. The first kappa shape index (κ1) is 18.1. The number of aromatic nitrogens is 1. The van der Waals surface area contributed by atoms with Crippen molar-refractivity contribution in [2.75, 3.05) is 6.61 Å². The first-order valence-corrected chi connectivity index (χ1v) is 8.63. The predicted molar refractivity (Wildman–Crippen MR) is 101 cm³/mol. The molecule has 1 atom stereocenters. The molecule has 0 aliphatic carbocycles. The highest BCUT2D eigenvalue weighted by atomic mass is 19.1. The van der Waals surface area contributed by atoms with E-state index < -0.39 is 6.04 Å². The molecule has 3 aromatic rings. The van der Waals surface area contributed by atoms with Gasteiger partial charge in [-0.1, -0.05) is 24.3 Å². The Labute approximate surface area is 152 Å². The van der Waals surface area contributed by atoms with Gasteiger partial charge in [-0.15, -0.1) is 0 Å². The molecule has 0 aliphatic rings. The largest absolute Gasteiger partial charge is 0.394 e. The van der Waals surface area contributed by atoms with E-state index in [4.69, 9.17) is 0 Å². The lowest BCUT2D eigenvalue weighted by Gasteiger charge is -2.17. The third kappa shape index (κ3) is 3.48. The third-order valence-corrected chi connectivity index (χ3v) is 4.82. The second-order valence-electron chi connectivity index (χ2n) is 6.71. The van der Waals surface area contributed by atoms with Gasteiger partial charge in [0, 0.05) is 16.6 Å². The Hall–Kier alpha value is -2.66. The van der Waals surface area contributed by atoms with Crippen LogP contribution in [0.5, 0.6) is 0 Å². The van der Waals surface area contributed by atoms with Crippen molar-refractivity contribution in [3.05, 3.63) is 70.2 Å². The van der Waals surface area contributed by atoms with E-state index in [1.165, 1.54) is 12.1 Å². The van der Waals surface area contributed by atoms with Gasteiger partial charge in [-0.3, -0.25) is 4.79 Å². The van der Waals surface area contributed by atoms with Gasteiger partial charge < -0.3 is 15.4 Å². The molecule has 0 bridgehead atoms. The molecule has 2 aromatic carbocycles. The number of hydrogen-bond acceptors (Lipinski definition) is 2. The normalized spacial score (nSPS) is 12.3. The van der Waals surface area contributed by atoms with Crippen molar-refractivity contribution in [2.24, 2.45) is 0 Å². The SMILES string of the molecule is Cc1[nH]c2c(C)ccc(C)c2c1CC(=O)NC(CO)c1ccc(F)cc1. The molecule has 3 rings (SSSR count). The number of fused-ring (bicyclic) bond motifs is 1. The van der Waals surface area contributed by atoms with Gasteiger partial charge in [0.25, 0.3) is 0 Å². The second-order valence-corrected chi connectivity index (χ2v) is 6.71. The number of aryl methyl sites for hydroxylation is 3. The van der Waals surface area contributed by atoms with Crippen molar-refractivity contribution < 1.29 is 14.3 Å². The minimum absolute atomic E-state index is 0.182. The van der Waals surface area contributed by atoms with Gasteiger partial charge in [0.05, 0.1) is 19.1 Å². The van der Waals surface area contributed by atoms with Crippen LogP contribution in [0, 0.1) is 26.6 Å². The van der Waals surface area contributed by atoms with Crippen LogP contribution < -0.4 is 5.32 Å². The van der Waals surface area contributed by atoms with Crippen molar-refractivity contribution in [3.63, 3.8) is 0 Å². The van der Waals surface area contributed by atoms with Gasteiger partial charge in [-0.05, 0) is 55.2 Å². The number of carbonyl (C=O) groups excluding carboxylic acids is 1. The average molecular weight is 354 g/mol. The number of hydrogen-bond donors (Lipinski definition) is 3. The minimum Gasteiger partial charge on any atom is -0.394 e. The zero-order chi connectivity index (χ0) is 18.8. The van der Waals surface area contributed by atoms with E-state index in [0.717, 1.165) is 33.3 Å². The summed E-state index contributed by atoms with van der Waals surface area (Å²) in [4.78, 5) is 16.0. The van der Waals surface area contributed by atoms with E-state index >= 15 is 0 Å².